The third kappa shape index (κ3) is 8.83. The van der Waals surface area contributed by atoms with Gasteiger partial charge in [0.25, 0.3) is 0 Å². The number of ether oxygens (including phenoxy) is 3. The molecule has 0 fully saturated rings. The zero-order valence-corrected chi connectivity index (χ0v) is 10.9. The largest absolute Gasteiger partial charge is 0.466 e. The van der Waals surface area contributed by atoms with Gasteiger partial charge in [-0.1, -0.05) is 0 Å². The summed E-state index contributed by atoms with van der Waals surface area (Å²) in [6.07, 6.45) is 1.98. The first kappa shape index (κ1) is 16.1. The SMILES string of the molecule is CCOC(=O)CCCCC(=O)CC(OC)OC. The number of methoxy groups -OCH3 is 2. The van der Waals surface area contributed by atoms with E-state index in [-0.39, 0.29) is 18.2 Å². The van der Waals surface area contributed by atoms with Crippen molar-refractivity contribution < 1.29 is 23.8 Å². The number of hydrogen-bond acceptors (Lipinski definition) is 5. The lowest BCUT2D eigenvalue weighted by molar-refractivity contribution is -0.143. The molecule has 17 heavy (non-hydrogen) atoms. The Labute approximate surface area is 102 Å². The van der Waals surface area contributed by atoms with E-state index in [1.54, 1.807) is 6.92 Å². The van der Waals surface area contributed by atoms with Gasteiger partial charge in [-0.3, -0.25) is 9.59 Å². The van der Waals surface area contributed by atoms with E-state index in [1.807, 2.05) is 0 Å². The topological polar surface area (TPSA) is 61.8 Å². The molecule has 0 aromatic heterocycles. The van der Waals surface area contributed by atoms with Gasteiger partial charge in [0.15, 0.2) is 6.29 Å². The van der Waals surface area contributed by atoms with E-state index in [0.717, 1.165) is 0 Å². The summed E-state index contributed by atoms with van der Waals surface area (Å²) in [7, 11) is 3.00. The first-order valence-corrected chi connectivity index (χ1v) is 5.86. The molecule has 5 heteroatoms. The summed E-state index contributed by atoms with van der Waals surface area (Å²) in [4.78, 5) is 22.5. The molecule has 0 spiro atoms. The van der Waals surface area contributed by atoms with Crippen LogP contribution in [0.1, 0.15) is 39.0 Å². The Morgan fingerprint density at radius 1 is 1.06 bits per heavy atom. The Morgan fingerprint density at radius 2 is 1.65 bits per heavy atom. The van der Waals surface area contributed by atoms with E-state index < -0.39 is 6.29 Å². The third-order valence-electron chi connectivity index (χ3n) is 2.31. The van der Waals surface area contributed by atoms with Gasteiger partial charge in [-0.25, -0.2) is 0 Å². The van der Waals surface area contributed by atoms with Crippen LogP contribution in [0.4, 0.5) is 0 Å². The lowest BCUT2D eigenvalue weighted by atomic mass is 10.1. The number of rotatable bonds is 10. The van der Waals surface area contributed by atoms with Crippen LogP contribution in [0.3, 0.4) is 0 Å². The Bertz CT molecular complexity index is 223. The van der Waals surface area contributed by atoms with Crippen LogP contribution in [-0.4, -0.2) is 38.9 Å². The molecule has 0 bridgehead atoms. The number of carbonyl (C=O) groups excluding carboxylic acids is 2. The Kier molecular flexibility index (Phi) is 9.66. The monoisotopic (exact) mass is 246 g/mol. The molecule has 100 valence electrons. The summed E-state index contributed by atoms with van der Waals surface area (Å²) < 4.78 is 14.6. The molecular formula is C12H22O5. The quantitative estimate of drug-likeness (QED) is 0.333. The number of ketones is 1. The van der Waals surface area contributed by atoms with Crippen molar-refractivity contribution >= 4 is 11.8 Å². The molecule has 0 aromatic rings. The Hall–Kier alpha value is -0.940. The van der Waals surface area contributed by atoms with E-state index in [4.69, 9.17) is 14.2 Å². The molecule has 0 N–H and O–H groups in total. The summed E-state index contributed by atoms with van der Waals surface area (Å²) in [6, 6.07) is 0. The van der Waals surface area contributed by atoms with Crippen LogP contribution in [0.2, 0.25) is 0 Å². The molecule has 0 unspecified atom stereocenters. The van der Waals surface area contributed by atoms with Crippen LogP contribution in [-0.2, 0) is 23.8 Å². The fourth-order valence-corrected chi connectivity index (χ4v) is 1.38. The number of unbranched alkanes of at least 4 members (excludes halogenated alkanes) is 1. The molecule has 0 aliphatic rings. The molecule has 0 atom stereocenters. The predicted octanol–water partition coefficient (Wildman–Crippen LogP) is 1.69. The average Bonchev–Trinajstić information content (AvgIpc) is 2.32. The highest BCUT2D eigenvalue weighted by Gasteiger charge is 2.11. The minimum absolute atomic E-state index is 0.0857. The summed E-state index contributed by atoms with van der Waals surface area (Å²) in [5.74, 6) is -0.117. The number of hydrogen-bond donors (Lipinski definition) is 0. The highest BCUT2D eigenvalue weighted by molar-refractivity contribution is 5.78. The molecule has 0 rings (SSSR count). The molecular weight excluding hydrogens is 224 g/mol. The van der Waals surface area contributed by atoms with Gasteiger partial charge < -0.3 is 14.2 Å². The second-order valence-corrected chi connectivity index (χ2v) is 3.66. The highest BCUT2D eigenvalue weighted by atomic mass is 16.7. The van der Waals surface area contributed by atoms with Crippen molar-refractivity contribution in [2.24, 2.45) is 0 Å². The fraction of sp³-hybridized carbons (Fsp3) is 0.833. The van der Waals surface area contributed by atoms with Crippen molar-refractivity contribution in [3.8, 4) is 0 Å². The first-order valence-electron chi connectivity index (χ1n) is 5.86. The fourth-order valence-electron chi connectivity index (χ4n) is 1.38. The van der Waals surface area contributed by atoms with Crippen molar-refractivity contribution in [3.05, 3.63) is 0 Å². The highest BCUT2D eigenvalue weighted by Crippen LogP contribution is 2.07. The zero-order valence-electron chi connectivity index (χ0n) is 10.9. The van der Waals surface area contributed by atoms with Gasteiger partial charge in [0, 0.05) is 27.1 Å². The van der Waals surface area contributed by atoms with E-state index >= 15 is 0 Å². The molecule has 0 aliphatic carbocycles. The molecule has 5 nitrogen and oxygen atoms in total. The lowest BCUT2D eigenvalue weighted by Crippen LogP contribution is -2.18. The first-order chi connectivity index (χ1) is 8.13. The molecule has 0 saturated heterocycles. The minimum atomic E-state index is -0.465. The summed E-state index contributed by atoms with van der Waals surface area (Å²) >= 11 is 0. The van der Waals surface area contributed by atoms with Gasteiger partial charge in [0.2, 0.25) is 0 Å². The van der Waals surface area contributed by atoms with E-state index in [9.17, 15) is 9.59 Å². The average molecular weight is 246 g/mol. The zero-order chi connectivity index (χ0) is 13.1. The van der Waals surface area contributed by atoms with E-state index in [0.29, 0.717) is 32.3 Å². The van der Waals surface area contributed by atoms with Gasteiger partial charge in [-0.2, -0.15) is 0 Å². The summed E-state index contributed by atoms with van der Waals surface area (Å²) in [5.41, 5.74) is 0. The van der Waals surface area contributed by atoms with Crippen LogP contribution in [0.15, 0.2) is 0 Å². The number of esters is 1. The van der Waals surface area contributed by atoms with Gasteiger partial charge in [-0.15, -0.1) is 0 Å². The smallest absolute Gasteiger partial charge is 0.305 e. The normalized spacial score (nSPS) is 10.6. The molecule has 0 saturated carbocycles. The number of carbonyl (C=O) groups is 2. The van der Waals surface area contributed by atoms with Gasteiger partial charge in [0.05, 0.1) is 13.0 Å². The maximum Gasteiger partial charge on any atom is 0.305 e. The van der Waals surface area contributed by atoms with Crippen LogP contribution >= 0.6 is 0 Å². The van der Waals surface area contributed by atoms with Crippen LogP contribution in [0.25, 0.3) is 0 Å². The number of Topliss-reactive ketones (excluding diaryl/α,β-unsaturated/α-hetero) is 1. The molecule has 0 amide bonds. The van der Waals surface area contributed by atoms with Crippen molar-refractivity contribution in [3.63, 3.8) is 0 Å². The Morgan fingerprint density at radius 3 is 2.18 bits per heavy atom. The molecule has 0 heterocycles. The second-order valence-electron chi connectivity index (χ2n) is 3.66. The van der Waals surface area contributed by atoms with Crippen molar-refractivity contribution in [1.29, 1.82) is 0 Å². The summed E-state index contributed by atoms with van der Waals surface area (Å²) in [5, 5.41) is 0. The van der Waals surface area contributed by atoms with Crippen LogP contribution in [0.5, 0.6) is 0 Å². The molecule has 0 radical (unpaired) electrons. The summed E-state index contributed by atoms with van der Waals surface area (Å²) in [6.45, 7) is 2.18. The maximum absolute atomic E-state index is 11.5. The van der Waals surface area contributed by atoms with Crippen molar-refractivity contribution in [2.75, 3.05) is 20.8 Å². The van der Waals surface area contributed by atoms with E-state index in [1.165, 1.54) is 14.2 Å². The third-order valence-corrected chi connectivity index (χ3v) is 2.31. The molecule has 0 aromatic carbocycles. The van der Waals surface area contributed by atoms with Crippen LogP contribution < -0.4 is 0 Å². The van der Waals surface area contributed by atoms with Gasteiger partial charge in [0.1, 0.15) is 5.78 Å². The van der Waals surface area contributed by atoms with Gasteiger partial charge in [-0.05, 0) is 19.8 Å². The van der Waals surface area contributed by atoms with Crippen molar-refractivity contribution in [1.82, 2.24) is 0 Å². The molecule has 0 aliphatic heterocycles. The van der Waals surface area contributed by atoms with E-state index in [2.05, 4.69) is 0 Å². The van der Waals surface area contributed by atoms with Crippen molar-refractivity contribution in [2.45, 2.75) is 45.3 Å². The Balaban J connectivity index is 3.54. The second kappa shape index (κ2) is 10.2. The van der Waals surface area contributed by atoms with Gasteiger partial charge >= 0.3 is 5.97 Å². The minimum Gasteiger partial charge on any atom is -0.466 e. The standard InChI is InChI=1S/C12H22O5/c1-4-17-11(14)8-6-5-7-10(13)9-12(15-2)16-3/h12H,4-9H2,1-3H3. The predicted molar refractivity (Wildman–Crippen MR) is 62.5 cm³/mol. The maximum atomic E-state index is 11.5. The lowest BCUT2D eigenvalue weighted by Gasteiger charge is -2.11. The van der Waals surface area contributed by atoms with Crippen LogP contribution in [0, 0.1) is 0 Å².